The summed E-state index contributed by atoms with van der Waals surface area (Å²) in [4.78, 5) is 3.62. The predicted molar refractivity (Wildman–Crippen MR) is 80.0 cm³/mol. The first kappa shape index (κ1) is 15.3. The number of rotatable bonds is 6. The van der Waals surface area contributed by atoms with E-state index in [0.717, 1.165) is 5.57 Å². The van der Waals surface area contributed by atoms with E-state index in [1.807, 2.05) is 6.92 Å². The molecule has 3 N–H and O–H groups in total. The molecule has 1 atom stereocenters. The lowest BCUT2D eigenvalue weighted by molar-refractivity contribution is 0.344. The minimum Gasteiger partial charge on any atom is -0.486 e. The highest BCUT2D eigenvalue weighted by molar-refractivity contribution is 7.27. The molecule has 0 heterocycles. The summed E-state index contributed by atoms with van der Waals surface area (Å²) in [5, 5.41) is 0.673. The highest BCUT2D eigenvalue weighted by atomic mass is 31.0. The number of ether oxygens (including phenoxy) is 1. The first-order valence-electron chi connectivity index (χ1n) is 5.56. The summed E-state index contributed by atoms with van der Waals surface area (Å²) in [5.41, 5.74) is 3.95. The summed E-state index contributed by atoms with van der Waals surface area (Å²) < 4.78 is 18.9. The third kappa shape index (κ3) is 4.47. The van der Waals surface area contributed by atoms with E-state index in [1.54, 1.807) is 18.2 Å². The molecule has 0 amide bonds. The number of halogens is 1. The van der Waals surface area contributed by atoms with Gasteiger partial charge in [0.05, 0.1) is 11.9 Å². The molecule has 0 aliphatic carbocycles. The predicted octanol–water partition coefficient (Wildman–Crippen LogP) is 1.66. The molecule has 0 saturated carbocycles. The van der Waals surface area contributed by atoms with E-state index in [0.29, 0.717) is 11.0 Å². The lowest BCUT2D eigenvalue weighted by Gasteiger charge is -2.09. The van der Waals surface area contributed by atoms with E-state index in [1.165, 1.54) is 12.3 Å². The lowest BCUT2D eigenvalue weighted by Crippen LogP contribution is -2.22. The van der Waals surface area contributed by atoms with Crippen LogP contribution in [0.25, 0.3) is 0 Å². The Balaban J connectivity index is 2.72. The highest BCUT2D eigenvalue weighted by Gasteiger charge is 2.05. The molecule has 102 valence electrons. The summed E-state index contributed by atoms with van der Waals surface area (Å²) in [5.74, 6) is 5.18. The molecule has 19 heavy (non-hydrogen) atoms. The van der Waals surface area contributed by atoms with Gasteiger partial charge in [0.2, 0.25) is 0 Å². The maximum Gasteiger partial charge on any atom is 0.165 e. The molecule has 1 rings (SSSR count). The van der Waals surface area contributed by atoms with Crippen molar-refractivity contribution in [3.8, 4) is 5.75 Å². The van der Waals surface area contributed by atoms with E-state index >= 15 is 0 Å². The van der Waals surface area contributed by atoms with E-state index in [4.69, 9.17) is 10.6 Å². The molecule has 0 aliphatic heterocycles. The van der Waals surface area contributed by atoms with Gasteiger partial charge in [-0.3, -0.25) is 10.8 Å². The van der Waals surface area contributed by atoms with Gasteiger partial charge in [-0.1, -0.05) is 12.1 Å². The van der Waals surface area contributed by atoms with E-state index in [-0.39, 0.29) is 18.2 Å². The summed E-state index contributed by atoms with van der Waals surface area (Å²) in [6.45, 7) is 5.41. The van der Waals surface area contributed by atoms with Crippen LogP contribution in [0.15, 0.2) is 46.7 Å². The smallest absolute Gasteiger partial charge is 0.165 e. The van der Waals surface area contributed by atoms with Crippen LogP contribution in [0.3, 0.4) is 0 Å². The Labute approximate surface area is 114 Å². The van der Waals surface area contributed by atoms with Gasteiger partial charge in [0.15, 0.2) is 11.6 Å². The molecular weight excluding hydrogens is 264 g/mol. The zero-order chi connectivity index (χ0) is 14.3. The van der Waals surface area contributed by atoms with E-state index < -0.39 is 0 Å². The van der Waals surface area contributed by atoms with Crippen LogP contribution in [0.2, 0.25) is 0 Å². The zero-order valence-corrected chi connectivity index (χ0v) is 11.8. The number of benzene rings is 1. The second kappa shape index (κ2) is 7.67. The van der Waals surface area contributed by atoms with Crippen molar-refractivity contribution < 1.29 is 9.13 Å². The Morgan fingerprint density at radius 3 is 2.95 bits per heavy atom. The van der Waals surface area contributed by atoms with Crippen LogP contribution in [0.4, 0.5) is 4.39 Å². The fraction of sp³-hybridized carbons (Fsp3) is 0.154. The minimum absolute atomic E-state index is 0.227. The number of hydrazine groups is 1. The number of nitrogens with zero attached hydrogens (tertiary/aromatic N) is 1. The van der Waals surface area contributed by atoms with Gasteiger partial charge in [-0.25, -0.2) is 4.39 Å². The monoisotopic (exact) mass is 281 g/mol. The molecule has 6 heteroatoms. The maximum atomic E-state index is 13.5. The summed E-state index contributed by atoms with van der Waals surface area (Å²) in [7, 11) is 2.43. The normalized spacial score (nSPS) is 12.2. The number of nitrogens with one attached hydrogen (secondary N) is 1. The van der Waals surface area contributed by atoms with Crippen molar-refractivity contribution in [2.24, 2.45) is 10.8 Å². The Hall–Kier alpha value is -1.71. The van der Waals surface area contributed by atoms with Gasteiger partial charge in [0.25, 0.3) is 0 Å². The minimum atomic E-state index is -0.390. The highest BCUT2D eigenvalue weighted by Crippen LogP contribution is 2.16. The van der Waals surface area contributed by atoms with Crippen LogP contribution in [0.5, 0.6) is 5.75 Å². The van der Waals surface area contributed by atoms with Crippen molar-refractivity contribution in [1.82, 2.24) is 5.43 Å². The van der Waals surface area contributed by atoms with Crippen molar-refractivity contribution >= 4 is 21.3 Å². The molecule has 4 nitrogen and oxygen atoms in total. The molecule has 0 aliphatic rings. The van der Waals surface area contributed by atoms with Crippen LogP contribution in [0, 0.1) is 5.82 Å². The molecule has 0 spiro atoms. The second-order valence-electron chi connectivity index (χ2n) is 3.73. The Bertz CT molecular complexity index is 494. The fourth-order valence-electron chi connectivity index (χ4n) is 1.38. The third-order valence-corrected chi connectivity index (χ3v) is 2.87. The van der Waals surface area contributed by atoms with E-state index in [9.17, 15) is 4.39 Å². The number of hydrogen-bond donors (Lipinski definition) is 2. The third-order valence-electron chi connectivity index (χ3n) is 2.42. The number of nitrogens with two attached hydrogens (primary N) is 1. The van der Waals surface area contributed by atoms with Crippen molar-refractivity contribution in [2.75, 3.05) is 6.61 Å². The van der Waals surface area contributed by atoms with Crippen LogP contribution in [-0.2, 0) is 0 Å². The summed E-state index contributed by atoms with van der Waals surface area (Å²) >= 11 is 0. The molecule has 0 saturated heterocycles. The molecule has 1 unspecified atom stereocenters. The number of para-hydroxylation sites is 1. The fourth-order valence-corrected chi connectivity index (χ4v) is 1.71. The first-order valence-corrected chi connectivity index (χ1v) is 6.14. The number of allylic oxidation sites excluding steroid dienone is 1. The van der Waals surface area contributed by atoms with Gasteiger partial charge < -0.3 is 10.2 Å². The van der Waals surface area contributed by atoms with Gasteiger partial charge in [-0.05, 0) is 31.4 Å². The molecule has 0 bridgehead atoms. The van der Waals surface area contributed by atoms with Crippen LogP contribution < -0.4 is 21.3 Å². The van der Waals surface area contributed by atoms with Crippen LogP contribution >= 0.6 is 9.24 Å². The molecular formula is C13H17FN3OP. The van der Waals surface area contributed by atoms with Crippen molar-refractivity contribution in [2.45, 2.75) is 6.92 Å². The lowest BCUT2D eigenvalue weighted by atomic mass is 10.2. The van der Waals surface area contributed by atoms with Crippen LogP contribution in [-0.4, -0.2) is 13.3 Å². The second-order valence-corrected chi connectivity index (χ2v) is 4.35. The van der Waals surface area contributed by atoms with Gasteiger partial charge >= 0.3 is 0 Å². The maximum absolute atomic E-state index is 13.5. The number of aliphatic imine (C=N–C) groups is 1. The standard InChI is InChI=1S/C13H17FN3OP/c1-9(11(17-15)8-16-2)6-7-18-13-10(14)4-3-5-12(13)19/h3-6,8,17H,2,7,15,19H2,1H3/b9-6-,11-8+. The Morgan fingerprint density at radius 1 is 1.63 bits per heavy atom. The molecule has 1 aromatic rings. The molecule has 0 radical (unpaired) electrons. The van der Waals surface area contributed by atoms with Gasteiger partial charge in [0, 0.05) is 5.30 Å². The quantitative estimate of drug-likeness (QED) is 0.274. The Morgan fingerprint density at radius 2 is 2.37 bits per heavy atom. The van der Waals surface area contributed by atoms with Crippen molar-refractivity contribution in [1.29, 1.82) is 0 Å². The average molecular weight is 281 g/mol. The number of hydrogen-bond acceptors (Lipinski definition) is 4. The first-order chi connectivity index (χ1) is 9.10. The summed E-state index contributed by atoms with van der Waals surface area (Å²) in [6.07, 6.45) is 3.27. The molecule has 0 aromatic heterocycles. The summed E-state index contributed by atoms with van der Waals surface area (Å²) in [6, 6.07) is 4.74. The topological polar surface area (TPSA) is 59.6 Å². The van der Waals surface area contributed by atoms with Crippen LogP contribution in [0.1, 0.15) is 6.92 Å². The van der Waals surface area contributed by atoms with E-state index in [2.05, 4.69) is 26.4 Å². The van der Waals surface area contributed by atoms with Gasteiger partial charge in [-0.15, -0.1) is 9.24 Å². The average Bonchev–Trinajstić information content (AvgIpc) is 2.39. The molecule has 1 aromatic carbocycles. The Kier molecular flexibility index (Phi) is 6.19. The van der Waals surface area contributed by atoms with Crippen molar-refractivity contribution in [3.63, 3.8) is 0 Å². The van der Waals surface area contributed by atoms with Gasteiger partial charge in [0.1, 0.15) is 6.61 Å². The van der Waals surface area contributed by atoms with Crippen molar-refractivity contribution in [3.05, 3.63) is 47.6 Å². The largest absolute Gasteiger partial charge is 0.486 e. The SMILES string of the molecule is C=N/C=C(NN)\C(C)=C/COc1c(F)cccc1P. The molecule has 0 fully saturated rings. The van der Waals surface area contributed by atoms with Gasteiger partial charge in [-0.2, -0.15) is 0 Å². The zero-order valence-electron chi connectivity index (χ0n) is 10.7.